The molecule has 0 radical (unpaired) electrons. The van der Waals surface area contributed by atoms with E-state index >= 15 is 0 Å². The van der Waals surface area contributed by atoms with Gasteiger partial charge in [-0.15, -0.1) is 0 Å². The van der Waals surface area contributed by atoms with Crippen LogP contribution in [0.3, 0.4) is 0 Å². The maximum absolute atomic E-state index is 12.3. The van der Waals surface area contributed by atoms with E-state index in [0.717, 1.165) is 22.2 Å². The van der Waals surface area contributed by atoms with Crippen molar-refractivity contribution >= 4 is 16.9 Å². The lowest BCUT2D eigenvalue weighted by Gasteiger charge is -2.09. The first kappa shape index (κ1) is 14.2. The smallest absolute Gasteiger partial charge is 0.338 e. The van der Waals surface area contributed by atoms with Crippen LogP contribution in [0.15, 0.2) is 48.7 Å². The SMILES string of the molecule is CCOC(=O)c1cc(-c2ccccn2)nc2ccc(C)cc12. The first-order chi connectivity index (χ1) is 10.7. The van der Waals surface area contributed by atoms with Crippen molar-refractivity contribution in [2.75, 3.05) is 6.61 Å². The van der Waals surface area contributed by atoms with Crippen LogP contribution in [0, 0.1) is 6.92 Å². The summed E-state index contributed by atoms with van der Waals surface area (Å²) in [6.45, 7) is 4.13. The van der Waals surface area contributed by atoms with Crippen molar-refractivity contribution in [2.24, 2.45) is 0 Å². The van der Waals surface area contributed by atoms with Gasteiger partial charge in [-0.25, -0.2) is 9.78 Å². The van der Waals surface area contributed by atoms with Gasteiger partial charge in [0.1, 0.15) is 0 Å². The van der Waals surface area contributed by atoms with Crippen molar-refractivity contribution in [1.82, 2.24) is 9.97 Å². The minimum absolute atomic E-state index is 0.335. The Morgan fingerprint density at radius 1 is 1.14 bits per heavy atom. The summed E-state index contributed by atoms with van der Waals surface area (Å²) >= 11 is 0. The zero-order valence-electron chi connectivity index (χ0n) is 12.5. The highest BCUT2D eigenvalue weighted by Gasteiger charge is 2.15. The van der Waals surface area contributed by atoms with Gasteiger partial charge in [0, 0.05) is 11.6 Å². The number of benzene rings is 1. The maximum atomic E-state index is 12.3. The van der Waals surface area contributed by atoms with Gasteiger partial charge in [-0.2, -0.15) is 0 Å². The molecule has 2 aromatic heterocycles. The third kappa shape index (κ3) is 2.68. The van der Waals surface area contributed by atoms with E-state index in [9.17, 15) is 4.79 Å². The van der Waals surface area contributed by atoms with E-state index in [1.54, 1.807) is 19.2 Å². The van der Waals surface area contributed by atoms with E-state index in [4.69, 9.17) is 4.74 Å². The molecule has 2 heterocycles. The maximum Gasteiger partial charge on any atom is 0.338 e. The summed E-state index contributed by atoms with van der Waals surface area (Å²) in [5.41, 5.74) is 3.76. The summed E-state index contributed by atoms with van der Waals surface area (Å²) in [4.78, 5) is 21.2. The van der Waals surface area contributed by atoms with Crippen LogP contribution in [-0.2, 0) is 4.74 Å². The van der Waals surface area contributed by atoms with Crippen molar-refractivity contribution in [1.29, 1.82) is 0 Å². The fourth-order valence-corrected chi connectivity index (χ4v) is 2.36. The molecule has 0 amide bonds. The van der Waals surface area contributed by atoms with E-state index < -0.39 is 0 Å². The molecule has 0 bridgehead atoms. The van der Waals surface area contributed by atoms with Crippen LogP contribution in [0.4, 0.5) is 0 Å². The number of carbonyl (C=O) groups excluding carboxylic acids is 1. The summed E-state index contributed by atoms with van der Waals surface area (Å²) in [5.74, 6) is -0.335. The number of esters is 1. The van der Waals surface area contributed by atoms with Crippen LogP contribution in [0.5, 0.6) is 0 Å². The molecule has 0 spiro atoms. The van der Waals surface area contributed by atoms with Crippen LogP contribution < -0.4 is 0 Å². The van der Waals surface area contributed by atoms with Crippen LogP contribution >= 0.6 is 0 Å². The average molecular weight is 292 g/mol. The summed E-state index contributed by atoms with van der Waals surface area (Å²) in [6.07, 6.45) is 1.71. The summed E-state index contributed by atoms with van der Waals surface area (Å²) in [6, 6.07) is 13.2. The molecule has 3 rings (SSSR count). The lowest BCUT2D eigenvalue weighted by molar-refractivity contribution is 0.0528. The van der Waals surface area contributed by atoms with Gasteiger partial charge in [0.15, 0.2) is 0 Å². The van der Waals surface area contributed by atoms with Gasteiger partial charge in [-0.05, 0) is 44.2 Å². The fraction of sp³-hybridized carbons (Fsp3) is 0.167. The molecular formula is C18H16N2O2. The Labute approximate surface area is 128 Å². The minimum atomic E-state index is -0.335. The molecule has 0 unspecified atom stereocenters. The standard InChI is InChI=1S/C18H16N2O2/c1-3-22-18(21)14-11-17(16-6-4-5-9-19-16)20-15-8-7-12(2)10-13(14)15/h4-11H,3H2,1-2H3. The molecule has 3 aromatic rings. The largest absolute Gasteiger partial charge is 0.462 e. The number of pyridine rings is 2. The van der Waals surface area contributed by atoms with Gasteiger partial charge in [0.25, 0.3) is 0 Å². The average Bonchev–Trinajstić information content (AvgIpc) is 2.55. The molecule has 110 valence electrons. The third-order valence-corrected chi connectivity index (χ3v) is 3.39. The van der Waals surface area contributed by atoms with Gasteiger partial charge in [0.05, 0.1) is 29.1 Å². The number of carbonyl (C=O) groups is 1. The molecule has 0 aliphatic carbocycles. The molecule has 0 aliphatic rings. The number of nitrogens with zero attached hydrogens (tertiary/aromatic N) is 2. The molecule has 4 nitrogen and oxygen atoms in total. The Bertz CT molecular complexity index is 829. The van der Waals surface area contributed by atoms with E-state index in [0.29, 0.717) is 17.9 Å². The van der Waals surface area contributed by atoms with Gasteiger partial charge in [-0.1, -0.05) is 17.7 Å². The highest BCUT2D eigenvalue weighted by molar-refractivity contribution is 6.04. The topological polar surface area (TPSA) is 52.1 Å². The Morgan fingerprint density at radius 3 is 2.73 bits per heavy atom. The second-order valence-corrected chi connectivity index (χ2v) is 5.01. The fourth-order valence-electron chi connectivity index (χ4n) is 2.36. The monoisotopic (exact) mass is 292 g/mol. The normalized spacial score (nSPS) is 10.6. The third-order valence-electron chi connectivity index (χ3n) is 3.39. The van der Waals surface area contributed by atoms with Gasteiger partial charge in [-0.3, -0.25) is 4.98 Å². The number of fused-ring (bicyclic) bond motifs is 1. The van der Waals surface area contributed by atoms with Crippen molar-refractivity contribution in [3.05, 3.63) is 59.8 Å². The van der Waals surface area contributed by atoms with Crippen LogP contribution in [0.25, 0.3) is 22.3 Å². The van der Waals surface area contributed by atoms with E-state index in [2.05, 4.69) is 9.97 Å². The van der Waals surface area contributed by atoms with Crippen LogP contribution in [0.2, 0.25) is 0 Å². The zero-order chi connectivity index (χ0) is 15.5. The Kier molecular flexibility index (Phi) is 3.83. The molecule has 0 N–H and O–H groups in total. The first-order valence-corrected chi connectivity index (χ1v) is 7.19. The predicted molar refractivity (Wildman–Crippen MR) is 85.7 cm³/mol. The van der Waals surface area contributed by atoms with Crippen LogP contribution in [-0.4, -0.2) is 22.5 Å². The molecular weight excluding hydrogens is 276 g/mol. The number of hydrogen-bond donors (Lipinski definition) is 0. The molecule has 0 aliphatic heterocycles. The molecule has 4 heteroatoms. The van der Waals surface area contributed by atoms with E-state index in [1.165, 1.54) is 0 Å². The lowest BCUT2D eigenvalue weighted by atomic mass is 10.0. The summed E-state index contributed by atoms with van der Waals surface area (Å²) in [7, 11) is 0. The number of hydrogen-bond acceptors (Lipinski definition) is 4. The predicted octanol–water partition coefficient (Wildman–Crippen LogP) is 3.78. The summed E-state index contributed by atoms with van der Waals surface area (Å²) in [5, 5.41) is 0.804. The zero-order valence-corrected chi connectivity index (χ0v) is 12.5. The summed E-state index contributed by atoms with van der Waals surface area (Å²) < 4.78 is 5.18. The van der Waals surface area contributed by atoms with Crippen LogP contribution in [0.1, 0.15) is 22.8 Å². The van der Waals surface area contributed by atoms with Crippen molar-refractivity contribution in [2.45, 2.75) is 13.8 Å². The lowest BCUT2D eigenvalue weighted by Crippen LogP contribution is -2.07. The highest BCUT2D eigenvalue weighted by atomic mass is 16.5. The Hall–Kier alpha value is -2.75. The molecule has 0 fully saturated rings. The molecule has 0 atom stereocenters. The van der Waals surface area contributed by atoms with Crippen molar-refractivity contribution in [3.63, 3.8) is 0 Å². The van der Waals surface area contributed by atoms with E-state index in [1.807, 2.05) is 43.3 Å². The van der Waals surface area contributed by atoms with Crippen molar-refractivity contribution < 1.29 is 9.53 Å². The molecule has 0 saturated heterocycles. The molecule has 0 saturated carbocycles. The van der Waals surface area contributed by atoms with Crippen molar-refractivity contribution in [3.8, 4) is 11.4 Å². The number of aryl methyl sites for hydroxylation is 1. The number of ether oxygens (including phenoxy) is 1. The quantitative estimate of drug-likeness (QED) is 0.689. The second kappa shape index (κ2) is 5.93. The molecule has 1 aromatic carbocycles. The van der Waals surface area contributed by atoms with Gasteiger partial charge < -0.3 is 4.74 Å². The van der Waals surface area contributed by atoms with Gasteiger partial charge in [0.2, 0.25) is 0 Å². The minimum Gasteiger partial charge on any atom is -0.462 e. The molecule has 22 heavy (non-hydrogen) atoms. The van der Waals surface area contributed by atoms with Gasteiger partial charge >= 0.3 is 5.97 Å². The Balaban J connectivity index is 2.25. The Morgan fingerprint density at radius 2 is 2.00 bits per heavy atom. The highest BCUT2D eigenvalue weighted by Crippen LogP contribution is 2.25. The first-order valence-electron chi connectivity index (χ1n) is 7.19. The second-order valence-electron chi connectivity index (χ2n) is 5.01. The van der Waals surface area contributed by atoms with E-state index in [-0.39, 0.29) is 5.97 Å². The number of rotatable bonds is 3. The number of aromatic nitrogens is 2.